The van der Waals surface area contributed by atoms with Crippen molar-refractivity contribution in [3.05, 3.63) is 58.9 Å². The third-order valence-electron chi connectivity index (χ3n) is 4.67. The predicted octanol–water partition coefficient (Wildman–Crippen LogP) is 4.28. The molecule has 144 valence electrons. The van der Waals surface area contributed by atoms with Gasteiger partial charge in [-0.3, -0.25) is 9.36 Å². The molecule has 6 nitrogen and oxygen atoms in total. The third-order valence-corrected chi connectivity index (χ3v) is 6.11. The van der Waals surface area contributed by atoms with Gasteiger partial charge in [0.1, 0.15) is 11.6 Å². The molecule has 0 spiro atoms. The Hall–Kier alpha value is -2.51. The number of anilines is 1. The quantitative estimate of drug-likeness (QED) is 0.689. The Kier molecular flexibility index (Phi) is 5.28. The number of ether oxygens (including phenoxy) is 1. The van der Waals surface area contributed by atoms with Gasteiger partial charge in [0, 0.05) is 10.7 Å². The first-order valence-electron chi connectivity index (χ1n) is 8.88. The molecule has 28 heavy (non-hydrogen) atoms. The van der Waals surface area contributed by atoms with E-state index in [1.807, 2.05) is 41.8 Å². The molecule has 0 bridgehead atoms. The van der Waals surface area contributed by atoms with Crippen molar-refractivity contribution in [1.29, 1.82) is 0 Å². The Morgan fingerprint density at radius 1 is 1.25 bits per heavy atom. The second-order valence-electron chi connectivity index (χ2n) is 6.47. The zero-order valence-corrected chi connectivity index (χ0v) is 17.0. The summed E-state index contributed by atoms with van der Waals surface area (Å²) in [6.45, 7) is 1.86. The van der Waals surface area contributed by atoms with Crippen LogP contribution < -0.4 is 10.1 Å². The monoisotopic (exact) mass is 414 g/mol. The highest BCUT2D eigenvalue weighted by molar-refractivity contribution is 8.00. The maximum Gasteiger partial charge on any atom is 0.237 e. The summed E-state index contributed by atoms with van der Waals surface area (Å²) < 4.78 is 7.36. The van der Waals surface area contributed by atoms with E-state index in [0.717, 1.165) is 23.4 Å². The highest BCUT2D eigenvalue weighted by atomic mass is 35.5. The van der Waals surface area contributed by atoms with E-state index in [-0.39, 0.29) is 11.2 Å². The fourth-order valence-corrected chi connectivity index (χ4v) is 4.51. The second-order valence-corrected chi connectivity index (χ2v) is 8.08. The van der Waals surface area contributed by atoms with Crippen LogP contribution in [0.15, 0.2) is 47.6 Å². The summed E-state index contributed by atoms with van der Waals surface area (Å²) in [6.07, 6.45) is 1.53. The molecule has 4 rings (SSSR count). The molecule has 3 aromatic rings. The molecule has 0 aliphatic carbocycles. The molecule has 0 saturated heterocycles. The van der Waals surface area contributed by atoms with Crippen LogP contribution in [0.5, 0.6) is 5.75 Å². The van der Waals surface area contributed by atoms with Gasteiger partial charge in [0.15, 0.2) is 5.16 Å². The van der Waals surface area contributed by atoms with E-state index >= 15 is 0 Å². The number of methoxy groups -OCH3 is 1. The van der Waals surface area contributed by atoms with Gasteiger partial charge in [0.25, 0.3) is 0 Å². The second kappa shape index (κ2) is 7.85. The minimum atomic E-state index is -0.278. The van der Waals surface area contributed by atoms with Crippen LogP contribution in [0.2, 0.25) is 5.02 Å². The Labute approximate surface area is 172 Å². The predicted molar refractivity (Wildman–Crippen MR) is 111 cm³/mol. The first-order valence-corrected chi connectivity index (χ1v) is 10.1. The molecule has 0 saturated carbocycles. The number of benzene rings is 2. The number of para-hydroxylation sites is 1. The number of hydrogen-bond donors (Lipinski definition) is 1. The van der Waals surface area contributed by atoms with Crippen molar-refractivity contribution >= 4 is 35.0 Å². The van der Waals surface area contributed by atoms with Gasteiger partial charge in [-0.2, -0.15) is 0 Å². The van der Waals surface area contributed by atoms with Crippen molar-refractivity contribution in [1.82, 2.24) is 14.8 Å². The van der Waals surface area contributed by atoms with Crippen molar-refractivity contribution in [2.75, 3.05) is 12.4 Å². The Morgan fingerprint density at radius 3 is 2.89 bits per heavy atom. The van der Waals surface area contributed by atoms with Crippen LogP contribution >= 0.6 is 23.4 Å². The van der Waals surface area contributed by atoms with Crippen LogP contribution in [0.1, 0.15) is 17.8 Å². The van der Waals surface area contributed by atoms with Crippen molar-refractivity contribution in [2.45, 2.75) is 30.2 Å². The molecular formula is C20H19ClN4O2S. The minimum absolute atomic E-state index is 0.0276. The van der Waals surface area contributed by atoms with Gasteiger partial charge in [-0.15, -0.1) is 10.2 Å². The highest BCUT2D eigenvalue weighted by Crippen LogP contribution is 2.35. The van der Waals surface area contributed by atoms with Gasteiger partial charge < -0.3 is 10.1 Å². The average molecular weight is 415 g/mol. The number of aromatic nitrogens is 3. The molecule has 0 unspecified atom stereocenters. The number of fused-ring (bicyclic) bond motifs is 1. The average Bonchev–Trinajstić information content (AvgIpc) is 2.97. The van der Waals surface area contributed by atoms with Crippen LogP contribution in [0, 0.1) is 6.92 Å². The van der Waals surface area contributed by atoms with Crippen LogP contribution in [-0.2, 0) is 11.2 Å². The Morgan fingerprint density at radius 2 is 2.07 bits per heavy atom. The van der Waals surface area contributed by atoms with Crippen LogP contribution in [-0.4, -0.2) is 33.0 Å². The smallest absolute Gasteiger partial charge is 0.237 e. The van der Waals surface area contributed by atoms with Crippen molar-refractivity contribution < 1.29 is 9.53 Å². The van der Waals surface area contributed by atoms with Gasteiger partial charge in [0.05, 0.1) is 18.0 Å². The third kappa shape index (κ3) is 3.59. The lowest BCUT2D eigenvalue weighted by atomic mass is 10.1. The summed E-state index contributed by atoms with van der Waals surface area (Å²) >= 11 is 7.61. The largest absolute Gasteiger partial charge is 0.495 e. The van der Waals surface area contributed by atoms with Crippen LogP contribution in [0.3, 0.4) is 0 Å². The molecule has 8 heteroatoms. The van der Waals surface area contributed by atoms with Gasteiger partial charge in [-0.25, -0.2) is 0 Å². The lowest BCUT2D eigenvalue weighted by Gasteiger charge is -2.16. The normalized spacial score (nSPS) is 16.2. The summed E-state index contributed by atoms with van der Waals surface area (Å²) in [6, 6.07) is 13.3. The first-order chi connectivity index (χ1) is 13.6. The standard InChI is InChI=1S/C20H19ClN4O2S/c1-12-23-24-20(25(12)16-11-14(21)8-9-17(16)27-2)28-18-10-7-13-5-3-4-6-15(13)22-19(18)26/h3-6,8-9,11,18H,7,10H2,1-2H3,(H,22,26)/t18-/m1/s1. The van der Waals surface area contributed by atoms with E-state index < -0.39 is 0 Å². The van der Waals surface area contributed by atoms with E-state index in [4.69, 9.17) is 16.3 Å². The SMILES string of the molecule is COc1ccc(Cl)cc1-n1c(C)nnc1S[C@@H]1CCc2ccccc2NC1=O. The van der Waals surface area contributed by atoms with Crippen LogP contribution in [0.4, 0.5) is 5.69 Å². The molecule has 2 aromatic carbocycles. The molecule has 2 heterocycles. The Balaban J connectivity index is 1.66. The molecule has 1 amide bonds. The molecule has 1 N–H and O–H groups in total. The summed E-state index contributed by atoms with van der Waals surface area (Å²) in [5, 5.41) is 12.5. The number of carbonyl (C=O) groups is 1. The first kappa shape index (κ1) is 18.8. The van der Waals surface area contributed by atoms with Crippen molar-refractivity contribution in [3.8, 4) is 11.4 Å². The maximum absolute atomic E-state index is 12.8. The maximum atomic E-state index is 12.8. The number of aryl methyl sites for hydroxylation is 2. The molecule has 1 aliphatic heterocycles. The molecule has 0 fully saturated rings. The van der Waals surface area contributed by atoms with Gasteiger partial charge in [0.2, 0.25) is 5.91 Å². The van der Waals surface area contributed by atoms with E-state index in [0.29, 0.717) is 28.2 Å². The minimum Gasteiger partial charge on any atom is -0.495 e. The molecule has 1 atom stereocenters. The van der Waals surface area contributed by atoms with E-state index in [1.165, 1.54) is 11.8 Å². The molecule has 1 aliphatic rings. The van der Waals surface area contributed by atoms with Gasteiger partial charge >= 0.3 is 0 Å². The van der Waals surface area contributed by atoms with E-state index in [2.05, 4.69) is 15.5 Å². The number of hydrogen-bond acceptors (Lipinski definition) is 5. The lowest BCUT2D eigenvalue weighted by Crippen LogP contribution is -2.24. The number of rotatable bonds is 4. The number of carbonyl (C=O) groups excluding carboxylic acids is 1. The number of halogens is 1. The lowest BCUT2D eigenvalue weighted by molar-refractivity contribution is -0.115. The zero-order chi connectivity index (χ0) is 19.7. The molecule has 1 aromatic heterocycles. The summed E-state index contributed by atoms with van der Waals surface area (Å²) in [5.41, 5.74) is 2.77. The Bertz CT molecular complexity index is 1040. The van der Waals surface area contributed by atoms with Crippen molar-refractivity contribution in [3.63, 3.8) is 0 Å². The highest BCUT2D eigenvalue weighted by Gasteiger charge is 2.27. The summed E-state index contributed by atoms with van der Waals surface area (Å²) in [5.74, 6) is 1.33. The molecule has 0 radical (unpaired) electrons. The summed E-state index contributed by atoms with van der Waals surface area (Å²) in [4.78, 5) is 12.8. The number of thioether (sulfide) groups is 1. The number of amides is 1. The molecular weight excluding hydrogens is 396 g/mol. The zero-order valence-electron chi connectivity index (χ0n) is 15.5. The fraction of sp³-hybridized carbons (Fsp3) is 0.250. The van der Waals surface area contributed by atoms with E-state index in [9.17, 15) is 4.79 Å². The van der Waals surface area contributed by atoms with Crippen molar-refractivity contribution in [2.24, 2.45) is 0 Å². The fourth-order valence-electron chi connectivity index (χ4n) is 3.27. The topological polar surface area (TPSA) is 69.0 Å². The summed E-state index contributed by atoms with van der Waals surface area (Å²) in [7, 11) is 1.61. The van der Waals surface area contributed by atoms with Crippen LogP contribution in [0.25, 0.3) is 5.69 Å². The van der Waals surface area contributed by atoms with E-state index in [1.54, 1.807) is 19.2 Å². The number of nitrogens with one attached hydrogen (secondary N) is 1. The van der Waals surface area contributed by atoms with Gasteiger partial charge in [-0.05, 0) is 49.6 Å². The van der Waals surface area contributed by atoms with Gasteiger partial charge in [-0.1, -0.05) is 41.6 Å². The number of nitrogens with zero attached hydrogens (tertiary/aromatic N) is 3.